The van der Waals surface area contributed by atoms with E-state index in [1.165, 1.54) is 6.08 Å². The first kappa shape index (κ1) is 28.4. The molecule has 7 atom stereocenters. The van der Waals surface area contributed by atoms with Crippen molar-refractivity contribution in [3.8, 4) is 0 Å². The second-order valence-corrected chi connectivity index (χ2v) is 12.9. The molecule has 2 amide bonds. The van der Waals surface area contributed by atoms with Crippen LogP contribution in [0.5, 0.6) is 0 Å². The molecule has 3 saturated heterocycles. The quantitative estimate of drug-likeness (QED) is 0.320. The number of aliphatic hydroxyl groups excluding tert-OH is 1. The van der Waals surface area contributed by atoms with E-state index in [4.69, 9.17) is 4.74 Å². The zero-order valence-corrected chi connectivity index (χ0v) is 23.5. The Morgan fingerprint density at radius 3 is 2.58 bits per heavy atom. The molecule has 2 bridgehead atoms. The lowest BCUT2D eigenvalue weighted by molar-refractivity contribution is -0.155. The van der Waals surface area contributed by atoms with Crippen LogP contribution in [-0.2, 0) is 25.7 Å². The van der Waals surface area contributed by atoms with Gasteiger partial charge in [-0.2, -0.15) is 0 Å². The monoisotopic (exact) mass is 540 g/mol. The van der Waals surface area contributed by atoms with Crippen LogP contribution in [0.4, 0.5) is 0 Å². The number of likely N-dealkylation sites (tertiary alicyclic amines) is 1. The maximum Gasteiger partial charge on any atom is 0.311 e. The summed E-state index contributed by atoms with van der Waals surface area (Å²) in [4.78, 5) is 45.7. The lowest BCUT2D eigenvalue weighted by atomic mass is 9.66. The molecule has 206 valence electrons. The molecule has 3 heterocycles. The van der Waals surface area contributed by atoms with Crippen molar-refractivity contribution >= 4 is 29.5 Å². The number of carbonyl (C=O) groups excluding carboxylic acids is 3. The SMILES string of the molecule is C=CCOC(=O)[C@H]1[C@H]2C(=O)N([C@@H](CO)[C@@H](C)CC)C(C(=O)N(CC=C)Cc3ccccc3)C23CC[C@]1(C)S3. The molecule has 38 heavy (non-hydrogen) atoms. The number of aliphatic hydroxyl groups is 1. The van der Waals surface area contributed by atoms with Crippen molar-refractivity contribution in [3.05, 3.63) is 61.2 Å². The zero-order chi connectivity index (χ0) is 27.7. The number of hydrogen-bond acceptors (Lipinski definition) is 6. The van der Waals surface area contributed by atoms with E-state index in [2.05, 4.69) is 13.2 Å². The molecule has 3 aliphatic heterocycles. The van der Waals surface area contributed by atoms with Crippen LogP contribution in [-0.4, -0.2) is 74.0 Å². The summed E-state index contributed by atoms with van der Waals surface area (Å²) in [6, 6.07) is 8.43. The Bertz CT molecular complexity index is 1080. The number of fused-ring (bicyclic) bond motifs is 1. The smallest absolute Gasteiger partial charge is 0.311 e. The number of carbonyl (C=O) groups is 3. The van der Waals surface area contributed by atoms with Gasteiger partial charge < -0.3 is 19.6 Å². The van der Waals surface area contributed by atoms with Crippen LogP contribution < -0.4 is 0 Å². The number of ether oxygens (including phenoxy) is 1. The predicted octanol–water partition coefficient (Wildman–Crippen LogP) is 3.82. The Morgan fingerprint density at radius 1 is 1.26 bits per heavy atom. The van der Waals surface area contributed by atoms with Crippen molar-refractivity contribution < 1.29 is 24.2 Å². The minimum absolute atomic E-state index is 0.0274. The number of rotatable bonds is 12. The van der Waals surface area contributed by atoms with Crippen LogP contribution in [0.15, 0.2) is 55.6 Å². The largest absolute Gasteiger partial charge is 0.461 e. The maximum atomic E-state index is 14.6. The number of hydrogen-bond donors (Lipinski definition) is 1. The number of benzene rings is 1. The molecule has 8 heteroatoms. The highest BCUT2D eigenvalue weighted by Crippen LogP contribution is 2.72. The van der Waals surface area contributed by atoms with Gasteiger partial charge in [-0.3, -0.25) is 14.4 Å². The van der Waals surface area contributed by atoms with E-state index >= 15 is 0 Å². The van der Waals surface area contributed by atoms with Crippen LogP contribution >= 0.6 is 11.8 Å². The fraction of sp³-hybridized carbons (Fsp3) is 0.567. The molecule has 2 unspecified atom stereocenters. The van der Waals surface area contributed by atoms with Gasteiger partial charge in [0.25, 0.3) is 0 Å². The molecule has 3 fully saturated rings. The first-order chi connectivity index (χ1) is 18.2. The summed E-state index contributed by atoms with van der Waals surface area (Å²) in [6.45, 7) is 14.1. The molecule has 0 aromatic heterocycles. The molecule has 1 spiro atoms. The Kier molecular flexibility index (Phi) is 8.43. The third-order valence-electron chi connectivity index (χ3n) is 8.77. The first-order valence-corrected chi connectivity index (χ1v) is 14.3. The van der Waals surface area contributed by atoms with Crippen molar-refractivity contribution in [1.82, 2.24) is 9.80 Å². The Balaban J connectivity index is 1.81. The van der Waals surface area contributed by atoms with E-state index in [-0.39, 0.29) is 30.9 Å². The lowest BCUT2D eigenvalue weighted by Crippen LogP contribution is -2.58. The highest BCUT2D eigenvalue weighted by Gasteiger charge is 2.78. The van der Waals surface area contributed by atoms with Crippen LogP contribution in [0.1, 0.15) is 45.6 Å². The van der Waals surface area contributed by atoms with E-state index in [1.54, 1.807) is 27.6 Å². The van der Waals surface area contributed by atoms with Crippen molar-refractivity contribution in [2.45, 2.75) is 68.2 Å². The Labute approximate surface area is 230 Å². The molecule has 0 aliphatic carbocycles. The van der Waals surface area contributed by atoms with Gasteiger partial charge in [-0.1, -0.05) is 69.3 Å². The molecule has 1 aromatic carbocycles. The van der Waals surface area contributed by atoms with Gasteiger partial charge in [0.05, 0.1) is 29.2 Å². The van der Waals surface area contributed by atoms with Crippen LogP contribution in [0.3, 0.4) is 0 Å². The van der Waals surface area contributed by atoms with E-state index < -0.39 is 39.4 Å². The summed E-state index contributed by atoms with van der Waals surface area (Å²) < 4.78 is 4.23. The summed E-state index contributed by atoms with van der Waals surface area (Å²) in [5.74, 6) is -2.17. The van der Waals surface area contributed by atoms with Gasteiger partial charge in [-0.25, -0.2) is 0 Å². The van der Waals surface area contributed by atoms with Crippen molar-refractivity contribution in [3.63, 3.8) is 0 Å². The Morgan fingerprint density at radius 2 is 1.97 bits per heavy atom. The fourth-order valence-corrected chi connectivity index (χ4v) is 9.09. The molecular weight excluding hydrogens is 500 g/mol. The van der Waals surface area contributed by atoms with Gasteiger partial charge in [0.15, 0.2) is 0 Å². The first-order valence-electron chi connectivity index (χ1n) is 13.5. The zero-order valence-electron chi connectivity index (χ0n) is 22.7. The molecule has 1 N–H and O–H groups in total. The third kappa shape index (κ3) is 4.60. The second-order valence-electron chi connectivity index (χ2n) is 11.0. The van der Waals surface area contributed by atoms with Crippen molar-refractivity contribution in [2.24, 2.45) is 17.8 Å². The predicted molar refractivity (Wildman–Crippen MR) is 149 cm³/mol. The van der Waals surface area contributed by atoms with Crippen molar-refractivity contribution in [2.75, 3.05) is 19.8 Å². The standard InChI is InChI=1S/C30H40N2O5S/c1-6-16-31(18-21-12-10-9-11-13-21)27(35)25-30-15-14-29(5,38-30)24(28(36)37-17-7-2)23(30)26(34)32(25)22(19-33)20(4)8-3/h6-7,9-13,20,22-25,33H,1-2,8,14-19H2,3-5H3/t20-,22-,23-,24+,25?,29-,30?/m0/s1. The molecule has 0 radical (unpaired) electrons. The maximum absolute atomic E-state index is 14.6. The van der Waals surface area contributed by atoms with Crippen molar-refractivity contribution in [1.29, 1.82) is 0 Å². The number of nitrogens with zero attached hydrogens (tertiary/aromatic N) is 2. The van der Waals surface area contributed by atoms with Gasteiger partial charge in [0, 0.05) is 17.8 Å². The summed E-state index contributed by atoms with van der Waals surface area (Å²) >= 11 is 1.61. The van der Waals surface area contributed by atoms with E-state index in [0.717, 1.165) is 12.0 Å². The molecule has 1 aromatic rings. The third-order valence-corrected chi connectivity index (χ3v) is 10.8. The van der Waals surface area contributed by atoms with E-state index in [9.17, 15) is 19.5 Å². The molecule has 7 nitrogen and oxygen atoms in total. The minimum atomic E-state index is -0.793. The number of thioether (sulfide) groups is 1. The summed E-state index contributed by atoms with van der Waals surface area (Å²) in [6.07, 6.45) is 5.32. The second kappa shape index (κ2) is 11.3. The summed E-state index contributed by atoms with van der Waals surface area (Å²) in [5, 5.41) is 10.5. The topological polar surface area (TPSA) is 87.1 Å². The van der Waals surface area contributed by atoms with Gasteiger partial charge in [-0.15, -0.1) is 18.3 Å². The molecule has 4 rings (SSSR count). The lowest BCUT2D eigenvalue weighted by Gasteiger charge is -2.41. The van der Waals surface area contributed by atoms with Crippen LogP contribution in [0.25, 0.3) is 0 Å². The molecular formula is C30H40N2O5S. The average Bonchev–Trinajstić information content (AvgIpc) is 3.48. The Hall–Kier alpha value is -2.58. The fourth-order valence-electron chi connectivity index (χ4n) is 6.77. The van der Waals surface area contributed by atoms with Crippen LogP contribution in [0, 0.1) is 17.8 Å². The average molecular weight is 541 g/mol. The minimum Gasteiger partial charge on any atom is -0.461 e. The van der Waals surface area contributed by atoms with Gasteiger partial charge in [0.2, 0.25) is 11.8 Å². The van der Waals surface area contributed by atoms with Gasteiger partial charge in [-0.05, 0) is 31.2 Å². The summed E-state index contributed by atoms with van der Waals surface area (Å²) in [5.41, 5.74) is 0.981. The highest BCUT2D eigenvalue weighted by atomic mass is 32.2. The normalized spacial score (nSPS) is 31.0. The number of esters is 1. The number of amides is 2. The van der Waals surface area contributed by atoms with Crippen LogP contribution in [0.2, 0.25) is 0 Å². The van der Waals surface area contributed by atoms with E-state index in [0.29, 0.717) is 25.9 Å². The summed E-state index contributed by atoms with van der Waals surface area (Å²) in [7, 11) is 0. The van der Waals surface area contributed by atoms with E-state index in [1.807, 2.05) is 51.1 Å². The van der Waals surface area contributed by atoms with Gasteiger partial charge in [0.1, 0.15) is 12.6 Å². The highest BCUT2D eigenvalue weighted by molar-refractivity contribution is 8.02. The van der Waals surface area contributed by atoms with Gasteiger partial charge >= 0.3 is 5.97 Å². The molecule has 3 aliphatic rings. The molecule has 0 saturated carbocycles.